The largest absolute Gasteiger partial charge is 0.349 e. The fraction of sp³-hybridized carbons (Fsp3) is 0.889. The van der Waals surface area contributed by atoms with Crippen LogP contribution >= 0.6 is 0 Å². The molecule has 1 aliphatic heterocycles. The van der Waals surface area contributed by atoms with Crippen molar-refractivity contribution in [3.05, 3.63) is 0 Å². The number of nitrogens with one attached hydrogen (secondary N) is 2. The Morgan fingerprint density at radius 1 is 1.07 bits per heavy atom. The zero-order valence-electron chi connectivity index (χ0n) is 9.53. The number of hydrogen-bond acceptors (Lipinski definition) is 3. The van der Waals surface area contributed by atoms with Gasteiger partial charge < -0.3 is 0 Å². The van der Waals surface area contributed by atoms with E-state index in [0.29, 0.717) is 0 Å². The summed E-state index contributed by atoms with van der Waals surface area (Å²) in [6.07, 6.45) is 0.0810. The van der Waals surface area contributed by atoms with Crippen LogP contribution in [0.5, 0.6) is 0 Å². The number of hydrazine groups is 2. The van der Waals surface area contributed by atoms with Gasteiger partial charge in [-0.05, 0) is 34.6 Å². The molecule has 5 nitrogen and oxygen atoms in total. The Hall–Kier alpha value is -0.810. The maximum absolute atomic E-state index is 11.9. The second-order valence-electron chi connectivity index (χ2n) is 4.19. The molecule has 5 heteroatoms. The van der Waals surface area contributed by atoms with E-state index < -0.39 is 0 Å². The van der Waals surface area contributed by atoms with Gasteiger partial charge >= 0.3 is 6.03 Å². The fourth-order valence-electron chi connectivity index (χ4n) is 1.41. The zero-order chi connectivity index (χ0) is 10.9. The Morgan fingerprint density at radius 2 is 1.43 bits per heavy atom. The molecule has 2 N–H and O–H groups in total. The SMILES string of the molecule is CC1NN(C(C)C)C(=O)N(C(C)C)N1. The quantitative estimate of drug-likeness (QED) is 0.696. The van der Waals surface area contributed by atoms with E-state index in [1.54, 1.807) is 10.0 Å². The molecular formula is C9H20N4O. The van der Waals surface area contributed by atoms with Gasteiger partial charge in [-0.25, -0.2) is 15.6 Å². The molecule has 0 saturated carbocycles. The average molecular weight is 200 g/mol. The topological polar surface area (TPSA) is 47.6 Å². The Bertz CT molecular complexity index is 197. The summed E-state index contributed by atoms with van der Waals surface area (Å²) in [5.41, 5.74) is 6.16. The lowest BCUT2D eigenvalue weighted by atomic mass is 10.3. The van der Waals surface area contributed by atoms with Crippen LogP contribution in [0, 0.1) is 0 Å². The molecule has 1 aliphatic rings. The van der Waals surface area contributed by atoms with Gasteiger partial charge in [0.1, 0.15) is 0 Å². The fourth-order valence-corrected chi connectivity index (χ4v) is 1.41. The van der Waals surface area contributed by atoms with Gasteiger partial charge in [-0.15, -0.1) is 0 Å². The predicted octanol–water partition coefficient (Wildman–Crippen LogP) is 0.896. The minimum Gasteiger partial charge on any atom is -0.254 e. The molecule has 0 spiro atoms. The summed E-state index contributed by atoms with van der Waals surface area (Å²) in [7, 11) is 0. The van der Waals surface area contributed by atoms with Gasteiger partial charge in [0, 0.05) is 12.1 Å². The smallest absolute Gasteiger partial charge is 0.254 e. The van der Waals surface area contributed by atoms with Gasteiger partial charge in [-0.1, -0.05) is 0 Å². The zero-order valence-corrected chi connectivity index (χ0v) is 9.53. The molecule has 0 radical (unpaired) electrons. The van der Waals surface area contributed by atoms with E-state index in [9.17, 15) is 4.79 Å². The van der Waals surface area contributed by atoms with Crippen molar-refractivity contribution in [2.75, 3.05) is 0 Å². The summed E-state index contributed by atoms with van der Waals surface area (Å²) in [6, 6.07) is 0.301. The van der Waals surface area contributed by atoms with E-state index in [4.69, 9.17) is 0 Å². The first-order valence-corrected chi connectivity index (χ1v) is 5.08. The lowest BCUT2D eigenvalue weighted by molar-refractivity contribution is 0.00962. The molecule has 0 unspecified atom stereocenters. The van der Waals surface area contributed by atoms with Gasteiger partial charge in [0.15, 0.2) is 0 Å². The molecule has 2 amide bonds. The monoisotopic (exact) mass is 200 g/mol. The minimum atomic E-state index is -0.0203. The first kappa shape index (κ1) is 11.3. The number of rotatable bonds is 2. The van der Waals surface area contributed by atoms with Gasteiger partial charge in [0.05, 0.1) is 6.17 Å². The molecule has 0 bridgehead atoms. The lowest BCUT2D eigenvalue weighted by Gasteiger charge is -2.43. The van der Waals surface area contributed by atoms with Gasteiger partial charge in [0.25, 0.3) is 0 Å². The van der Waals surface area contributed by atoms with Crippen molar-refractivity contribution in [1.29, 1.82) is 0 Å². The third-order valence-corrected chi connectivity index (χ3v) is 2.11. The van der Waals surface area contributed by atoms with Crippen LogP contribution in [-0.4, -0.2) is 34.3 Å². The summed E-state index contributed by atoms with van der Waals surface area (Å²) in [5.74, 6) is 0. The molecule has 1 fully saturated rings. The van der Waals surface area contributed by atoms with E-state index >= 15 is 0 Å². The molecule has 0 atom stereocenters. The van der Waals surface area contributed by atoms with Crippen LogP contribution in [0.3, 0.4) is 0 Å². The molecule has 1 rings (SSSR count). The predicted molar refractivity (Wildman–Crippen MR) is 55.1 cm³/mol. The van der Waals surface area contributed by atoms with E-state index in [0.717, 1.165) is 0 Å². The Labute approximate surface area is 85.4 Å². The molecule has 1 saturated heterocycles. The third-order valence-electron chi connectivity index (χ3n) is 2.11. The van der Waals surface area contributed by atoms with Crippen molar-refractivity contribution in [3.8, 4) is 0 Å². The van der Waals surface area contributed by atoms with Gasteiger partial charge in [-0.2, -0.15) is 0 Å². The van der Waals surface area contributed by atoms with E-state index in [1.807, 2.05) is 34.6 Å². The van der Waals surface area contributed by atoms with Crippen LogP contribution in [0.2, 0.25) is 0 Å². The highest BCUT2D eigenvalue weighted by Gasteiger charge is 2.31. The summed E-state index contributed by atoms with van der Waals surface area (Å²) >= 11 is 0. The van der Waals surface area contributed by atoms with E-state index in [2.05, 4.69) is 10.9 Å². The molecule has 14 heavy (non-hydrogen) atoms. The molecule has 1 heterocycles. The van der Waals surface area contributed by atoms with Crippen LogP contribution in [0.15, 0.2) is 0 Å². The third kappa shape index (κ3) is 2.16. The highest BCUT2D eigenvalue weighted by Crippen LogP contribution is 2.08. The van der Waals surface area contributed by atoms with Crippen LogP contribution < -0.4 is 10.9 Å². The van der Waals surface area contributed by atoms with Crippen LogP contribution in [0.25, 0.3) is 0 Å². The van der Waals surface area contributed by atoms with Crippen LogP contribution in [0.4, 0.5) is 4.79 Å². The van der Waals surface area contributed by atoms with Crippen molar-refractivity contribution in [2.24, 2.45) is 0 Å². The van der Waals surface area contributed by atoms with Crippen molar-refractivity contribution in [2.45, 2.75) is 52.9 Å². The van der Waals surface area contributed by atoms with Crippen molar-refractivity contribution < 1.29 is 4.79 Å². The second kappa shape index (κ2) is 4.14. The van der Waals surface area contributed by atoms with Crippen molar-refractivity contribution in [1.82, 2.24) is 20.9 Å². The Kier molecular flexibility index (Phi) is 3.34. The standard InChI is InChI=1S/C9H20N4O/c1-6(2)12-9(14)13(7(3)4)11-8(5)10-12/h6-8,10-11H,1-5H3. The van der Waals surface area contributed by atoms with Crippen LogP contribution in [0.1, 0.15) is 34.6 Å². The van der Waals surface area contributed by atoms with Gasteiger partial charge in [0.2, 0.25) is 0 Å². The number of carbonyl (C=O) groups excluding carboxylic acids is 1. The number of amides is 2. The molecule has 82 valence electrons. The maximum atomic E-state index is 11.9. The average Bonchev–Trinajstić information content (AvgIpc) is 2.07. The lowest BCUT2D eigenvalue weighted by Crippen LogP contribution is -2.70. The summed E-state index contributed by atoms with van der Waals surface area (Å²) in [5, 5.41) is 3.31. The maximum Gasteiger partial charge on any atom is 0.349 e. The first-order valence-electron chi connectivity index (χ1n) is 5.08. The van der Waals surface area contributed by atoms with Gasteiger partial charge in [-0.3, -0.25) is 10.0 Å². The molecular weight excluding hydrogens is 180 g/mol. The van der Waals surface area contributed by atoms with Crippen LogP contribution in [-0.2, 0) is 0 Å². The molecule has 0 aromatic rings. The highest BCUT2D eigenvalue weighted by atomic mass is 16.2. The Balaban J connectivity index is 2.76. The summed E-state index contributed by atoms with van der Waals surface area (Å²) in [4.78, 5) is 11.9. The molecule has 0 aliphatic carbocycles. The number of nitrogens with zero attached hydrogens (tertiary/aromatic N) is 2. The van der Waals surface area contributed by atoms with E-state index in [1.165, 1.54) is 0 Å². The van der Waals surface area contributed by atoms with Crippen molar-refractivity contribution in [3.63, 3.8) is 0 Å². The number of hydrogen-bond donors (Lipinski definition) is 2. The molecule has 0 aromatic carbocycles. The Morgan fingerprint density at radius 3 is 1.71 bits per heavy atom. The highest BCUT2D eigenvalue weighted by molar-refractivity contribution is 5.74. The summed E-state index contributed by atoms with van der Waals surface area (Å²) in [6.45, 7) is 9.93. The van der Waals surface area contributed by atoms with Crippen molar-refractivity contribution >= 4 is 6.03 Å². The summed E-state index contributed by atoms with van der Waals surface area (Å²) < 4.78 is 0. The number of urea groups is 1. The normalized spacial score (nSPS) is 20.1. The number of carbonyl (C=O) groups is 1. The van der Waals surface area contributed by atoms with E-state index in [-0.39, 0.29) is 24.3 Å². The first-order chi connectivity index (χ1) is 6.43. The minimum absolute atomic E-state index is 0.0203. The molecule has 0 aromatic heterocycles. The second-order valence-corrected chi connectivity index (χ2v) is 4.19.